The molecule has 0 amide bonds. The zero-order valence-corrected chi connectivity index (χ0v) is 8.39. The van der Waals surface area contributed by atoms with Crippen LogP contribution in [0.3, 0.4) is 0 Å². The maximum atomic E-state index is 3.85. The average Bonchev–Trinajstić information content (AvgIpc) is 2.63. The molecule has 0 saturated carbocycles. The second kappa shape index (κ2) is 4.89. The van der Waals surface area contributed by atoms with E-state index in [0.29, 0.717) is 0 Å². The molecule has 0 fully saturated rings. The van der Waals surface area contributed by atoms with Crippen LogP contribution in [0.15, 0.2) is 11.7 Å². The van der Waals surface area contributed by atoms with Crippen LogP contribution in [0.4, 0.5) is 0 Å². The minimum atomic E-state index is 1.00. The first-order valence-corrected chi connectivity index (χ1v) is 4.87. The summed E-state index contributed by atoms with van der Waals surface area (Å²) in [6, 6.07) is 0. The average molecular weight is 200 g/mol. The molecule has 2 heterocycles. The van der Waals surface area contributed by atoms with Crippen LogP contribution >= 0.6 is 23.1 Å². The maximum absolute atomic E-state index is 3.85. The van der Waals surface area contributed by atoms with Gasteiger partial charge in [-0.15, -0.1) is 21.5 Å². The van der Waals surface area contributed by atoms with Gasteiger partial charge in [0.25, 0.3) is 0 Å². The van der Waals surface area contributed by atoms with E-state index < -0.39 is 0 Å². The number of hydrogen-bond acceptors (Lipinski definition) is 6. The van der Waals surface area contributed by atoms with Gasteiger partial charge in [0.05, 0.1) is 23.6 Å². The van der Waals surface area contributed by atoms with Crippen LogP contribution in [0.25, 0.3) is 0 Å². The van der Waals surface area contributed by atoms with Crippen molar-refractivity contribution in [1.29, 1.82) is 0 Å². The molecule has 0 N–H and O–H groups in total. The Morgan fingerprint density at radius 1 is 1.33 bits per heavy atom. The fraction of sp³-hybridized carbons (Fsp3) is 0.333. The Kier molecular flexibility index (Phi) is 3.75. The quantitative estimate of drug-likeness (QED) is 0.649. The Morgan fingerprint density at radius 3 is 2.33 bits per heavy atom. The van der Waals surface area contributed by atoms with E-state index in [2.05, 4.69) is 18.9 Å². The molecule has 6 heteroatoms. The predicted molar refractivity (Wildman–Crippen MR) is 49.3 cm³/mol. The molecule has 64 valence electrons. The molecule has 2 aromatic rings. The van der Waals surface area contributed by atoms with E-state index in [1.54, 1.807) is 23.0 Å². The molecule has 0 bridgehead atoms. The standard InChI is InChI=1S/2C3H4N2S/c1-3-5-4-2-6-3;1-3-2-4-6-5-3/h2*2H,1H3. The highest BCUT2D eigenvalue weighted by Gasteiger charge is 1.78. The fourth-order valence-electron chi connectivity index (χ4n) is 0.440. The SMILES string of the molecule is Cc1cnsn1.Cc1nncs1. The highest BCUT2D eigenvalue weighted by atomic mass is 32.1. The maximum Gasteiger partial charge on any atom is 0.114 e. The molecule has 0 unspecified atom stereocenters. The number of rotatable bonds is 0. The molecule has 2 rings (SSSR count). The third-order valence-corrected chi connectivity index (χ3v) is 2.13. The molecule has 0 aromatic carbocycles. The molecule has 12 heavy (non-hydrogen) atoms. The van der Waals surface area contributed by atoms with Gasteiger partial charge < -0.3 is 0 Å². The van der Waals surface area contributed by atoms with Gasteiger partial charge in [0.15, 0.2) is 0 Å². The first kappa shape index (κ1) is 9.21. The fourth-order valence-corrected chi connectivity index (χ4v) is 1.20. The largest absolute Gasteiger partial charge is 0.181 e. The summed E-state index contributed by atoms with van der Waals surface area (Å²) < 4.78 is 7.60. The third kappa shape index (κ3) is 3.49. The lowest BCUT2D eigenvalue weighted by atomic mass is 10.6. The second-order valence-electron chi connectivity index (χ2n) is 2.01. The number of nitrogens with zero attached hydrogens (tertiary/aromatic N) is 4. The van der Waals surface area contributed by atoms with Crippen LogP contribution in [0.1, 0.15) is 10.7 Å². The summed E-state index contributed by atoms with van der Waals surface area (Å²) in [5, 5.41) is 8.30. The van der Waals surface area contributed by atoms with Gasteiger partial charge >= 0.3 is 0 Å². The third-order valence-electron chi connectivity index (χ3n) is 0.940. The van der Waals surface area contributed by atoms with E-state index in [4.69, 9.17) is 0 Å². The number of aromatic nitrogens is 4. The zero-order valence-electron chi connectivity index (χ0n) is 6.76. The van der Waals surface area contributed by atoms with Gasteiger partial charge in [0, 0.05) is 0 Å². The van der Waals surface area contributed by atoms with Gasteiger partial charge in [0.1, 0.15) is 10.5 Å². The minimum Gasteiger partial charge on any atom is -0.181 e. The van der Waals surface area contributed by atoms with E-state index in [1.165, 1.54) is 11.7 Å². The van der Waals surface area contributed by atoms with Crippen molar-refractivity contribution in [3.05, 3.63) is 22.4 Å². The van der Waals surface area contributed by atoms with Gasteiger partial charge in [-0.05, 0) is 13.8 Å². The first-order chi connectivity index (χ1) is 5.79. The molecule has 0 aliphatic rings. The van der Waals surface area contributed by atoms with Gasteiger partial charge in [-0.25, -0.2) is 0 Å². The van der Waals surface area contributed by atoms with Crippen molar-refractivity contribution in [2.45, 2.75) is 13.8 Å². The molecule has 0 saturated heterocycles. The Morgan fingerprint density at radius 2 is 2.17 bits per heavy atom. The monoisotopic (exact) mass is 200 g/mol. The molecule has 0 spiro atoms. The molecule has 0 radical (unpaired) electrons. The van der Waals surface area contributed by atoms with Crippen molar-refractivity contribution in [2.75, 3.05) is 0 Å². The van der Waals surface area contributed by atoms with E-state index in [1.807, 2.05) is 13.8 Å². The second-order valence-corrected chi connectivity index (χ2v) is 3.60. The minimum absolute atomic E-state index is 1.00. The van der Waals surface area contributed by atoms with Crippen molar-refractivity contribution in [2.24, 2.45) is 0 Å². The molecule has 2 aromatic heterocycles. The summed E-state index contributed by atoms with van der Waals surface area (Å²) >= 11 is 2.80. The summed E-state index contributed by atoms with van der Waals surface area (Å²) in [5.41, 5.74) is 2.72. The topological polar surface area (TPSA) is 51.6 Å². The van der Waals surface area contributed by atoms with Crippen molar-refractivity contribution in [3.63, 3.8) is 0 Å². The molecule has 4 nitrogen and oxygen atoms in total. The lowest BCUT2D eigenvalue weighted by Gasteiger charge is -1.61. The summed E-state index contributed by atoms with van der Waals surface area (Å²) in [6.45, 7) is 3.85. The predicted octanol–water partition coefficient (Wildman–Crippen LogP) is 1.69. The smallest absolute Gasteiger partial charge is 0.114 e. The molecule has 0 aliphatic carbocycles. The summed E-state index contributed by atoms with van der Waals surface area (Å²) in [7, 11) is 0. The van der Waals surface area contributed by atoms with Crippen molar-refractivity contribution < 1.29 is 0 Å². The van der Waals surface area contributed by atoms with Crippen LogP contribution in [-0.4, -0.2) is 18.9 Å². The molecular formula is C6H8N4S2. The highest BCUT2D eigenvalue weighted by Crippen LogP contribution is 1.94. The molecule has 0 atom stereocenters. The number of aryl methyl sites for hydroxylation is 2. The summed E-state index contributed by atoms with van der Waals surface area (Å²) in [4.78, 5) is 0. The molecular weight excluding hydrogens is 192 g/mol. The van der Waals surface area contributed by atoms with Crippen molar-refractivity contribution >= 4 is 23.1 Å². The Hall–Kier alpha value is -0.880. The summed E-state index contributed by atoms with van der Waals surface area (Å²) in [6.07, 6.45) is 1.74. The number of hydrogen-bond donors (Lipinski definition) is 0. The Balaban J connectivity index is 0.000000120. The highest BCUT2D eigenvalue weighted by molar-refractivity contribution is 7.09. The van der Waals surface area contributed by atoms with Crippen LogP contribution in [0, 0.1) is 13.8 Å². The van der Waals surface area contributed by atoms with Crippen LogP contribution < -0.4 is 0 Å². The van der Waals surface area contributed by atoms with Crippen LogP contribution in [-0.2, 0) is 0 Å². The van der Waals surface area contributed by atoms with Crippen LogP contribution in [0.5, 0.6) is 0 Å². The van der Waals surface area contributed by atoms with Gasteiger partial charge in [-0.2, -0.15) is 8.75 Å². The van der Waals surface area contributed by atoms with Crippen molar-refractivity contribution in [3.8, 4) is 0 Å². The zero-order chi connectivity index (χ0) is 8.81. The van der Waals surface area contributed by atoms with Gasteiger partial charge in [-0.1, -0.05) is 0 Å². The van der Waals surface area contributed by atoms with Gasteiger partial charge in [0.2, 0.25) is 0 Å². The van der Waals surface area contributed by atoms with E-state index in [0.717, 1.165) is 10.7 Å². The van der Waals surface area contributed by atoms with E-state index in [-0.39, 0.29) is 0 Å². The lowest BCUT2D eigenvalue weighted by molar-refractivity contribution is 1.05. The van der Waals surface area contributed by atoms with Crippen LogP contribution in [0.2, 0.25) is 0 Å². The Bertz CT molecular complexity index is 257. The first-order valence-electron chi connectivity index (χ1n) is 3.26. The summed E-state index contributed by atoms with van der Waals surface area (Å²) in [5.74, 6) is 0. The Labute approximate surface area is 78.6 Å². The normalized spacial score (nSPS) is 8.83. The van der Waals surface area contributed by atoms with Gasteiger partial charge in [-0.3, -0.25) is 0 Å². The molecule has 0 aliphatic heterocycles. The lowest BCUT2D eigenvalue weighted by Crippen LogP contribution is -1.64. The van der Waals surface area contributed by atoms with E-state index >= 15 is 0 Å². The van der Waals surface area contributed by atoms with Crippen molar-refractivity contribution in [1.82, 2.24) is 18.9 Å². The van der Waals surface area contributed by atoms with E-state index in [9.17, 15) is 0 Å².